The molecule has 0 radical (unpaired) electrons. The van der Waals surface area contributed by atoms with Gasteiger partial charge in [0.25, 0.3) is 0 Å². The number of rotatable bonds is 8. The lowest BCUT2D eigenvalue weighted by atomic mass is 10.4. The van der Waals surface area contributed by atoms with Gasteiger partial charge in [-0.05, 0) is 12.1 Å². The van der Waals surface area contributed by atoms with Crippen LogP contribution < -0.4 is 4.72 Å². The van der Waals surface area contributed by atoms with Crippen LogP contribution in [-0.2, 0) is 20.0 Å². The van der Waals surface area contributed by atoms with E-state index in [1.54, 1.807) is 32.0 Å². The maximum atomic E-state index is 11.9. The van der Waals surface area contributed by atoms with Gasteiger partial charge in [0.2, 0.25) is 20.0 Å². The molecule has 0 atom stereocenters. The number of hydrogen-bond acceptors (Lipinski definition) is 4. The zero-order valence-corrected chi connectivity index (χ0v) is 13.2. The lowest BCUT2D eigenvalue weighted by Crippen LogP contribution is -2.37. The third kappa shape index (κ3) is 4.55. The number of nitrogens with zero attached hydrogens (tertiary/aromatic N) is 1. The van der Waals surface area contributed by atoms with Crippen LogP contribution in [0.1, 0.15) is 13.8 Å². The standard InChI is InChI=1S/C12H20N2O4S2/c1-3-14(4-2)19(15,16)11-10-13-20(17,18)12-8-6-5-7-9-12/h5-9,13H,3-4,10-11H2,1-2H3. The summed E-state index contributed by atoms with van der Waals surface area (Å²) < 4.78 is 51.2. The smallest absolute Gasteiger partial charge is 0.212 e. The van der Waals surface area contributed by atoms with E-state index in [0.717, 1.165) is 0 Å². The first-order chi connectivity index (χ1) is 9.33. The van der Waals surface area contributed by atoms with E-state index in [2.05, 4.69) is 4.72 Å². The van der Waals surface area contributed by atoms with Crippen molar-refractivity contribution in [2.75, 3.05) is 25.4 Å². The summed E-state index contributed by atoms with van der Waals surface area (Å²) >= 11 is 0. The number of nitrogens with one attached hydrogen (secondary N) is 1. The largest absolute Gasteiger partial charge is 0.240 e. The Morgan fingerprint density at radius 2 is 1.55 bits per heavy atom. The van der Waals surface area contributed by atoms with E-state index in [-0.39, 0.29) is 17.2 Å². The molecule has 1 aromatic carbocycles. The van der Waals surface area contributed by atoms with Crippen molar-refractivity contribution in [1.82, 2.24) is 9.03 Å². The van der Waals surface area contributed by atoms with Gasteiger partial charge < -0.3 is 0 Å². The fourth-order valence-corrected chi connectivity index (χ4v) is 4.32. The highest BCUT2D eigenvalue weighted by molar-refractivity contribution is 7.90. The molecule has 8 heteroatoms. The van der Waals surface area contributed by atoms with E-state index in [1.165, 1.54) is 16.4 Å². The first-order valence-corrected chi connectivity index (χ1v) is 9.45. The second-order valence-corrected chi connectivity index (χ2v) is 7.97. The van der Waals surface area contributed by atoms with Crippen molar-refractivity contribution in [3.63, 3.8) is 0 Å². The molecule has 0 saturated heterocycles. The predicted octanol–water partition coefficient (Wildman–Crippen LogP) is 0.637. The molecule has 0 spiro atoms. The summed E-state index contributed by atoms with van der Waals surface area (Å²) in [6.07, 6.45) is 0. The SMILES string of the molecule is CCN(CC)S(=O)(=O)CCNS(=O)(=O)c1ccccc1. The Bertz CT molecular complexity index is 608. The van der Waals surface area contributed by atoms with Crippen LogP contribution in [0.5, 0.6) is 0 Å². The highest BCUT2D eigenvalue weighted by Gasteiger charge is 2.20. The van der Waals surface area contributed by atoms with Crippen molar-refractivity contribution in [3.05, 3.63) is 30.3 Å². The normalized spacial score (nSPS) is 12.8. The summed E-state index contributed by atoms with van der Waals surface area (Å²) in [7, 11) is -7.08. The van der Waals surface area contributed by atoms with E-state index in [4.69, 9.17) is 0 Å². The van der Waals surface area contributed by atoms with Crippen LogP contribution in [-0.4, -0.2) is 46.5 Å². The van der Waals surface area contributed by atoms with E-state index in [9.17, 15) is 16.8 Å². The van der Waals surface area contributed by atoms with Crippen LogP contribution in [0.15, 0.2) is 35.2 Å². The molecule has 0 heterocycles. The number of benzene rings is 1. The van der Waals surface area contributed by atoms with E-state index in [0.29, 0.717) is 13.1 Å². The molecule has 0 aliphatic carbocycles. The Labute approximate surface area is 120 Å². The van der Waals surface area contributed by atoms with Gasteiger partial charge in [0.05, 0.1) is 10.6 Å². The van der Waals surface area contributed by atoms with Gasteiger partial charge in [-0.1, -0.05) is 32.0 Å². The van der Waals surface area contributed by atoms with Crippen LogP contribution in [0.4, 0.5) is 0 Å². The summed E-state index contributed by atoms with van der Waals surface area (Å²) in [5.41, 5.74) is 0. The summed E-state index contributed by atoms with van der Waals surface area (Å²) in [6, 6.07) is 7.86. The third-order valence-corrected chi connectivity index (χ3v) is 6.30. The fourth-order valence-electron chi connectivity index (χ4n) is 1.73. The molecule has 0 aromatic heterocycles. The minimum Gasteiger partial charge on any atom is -0.212 e. The summed E-state index contributed by atoms with van der Waals surface area (Å²) in [6.45, 7) is 4.11. The Hall–Kier alpha value is -0.960. The Morgan fingerprint density at radius 3 is 2.05 bits per heavy atom. The Morgan fingerprint density at radius 1 is 1.00 bits per heavy atom. The molecule has 114 valence electrons. The van der Waals surface area contributed by atoms with Crippen molar-refractivity contribution < 1.29 is 16.8 Å². The topological polar surface area (TPSA) is 83.6 Å². The molecule has 0 saturated carbocycles. The number of sulfonamides is 2. The Balaban J connectivity index is 2.65. The quantitative estimate of drug-likeness (QED) is 0.762. The average molecular weight is 320 g/mol. The highest BCUT2D eigenvalue weighted by Crippen LogP contribution is 2.07. The van der Waals surface area contributed by atoms with Crippen LogP contribution >= 0.6 is 0 Å². The molecule has 0 aliphatic heterocycles. The van der Waals surface area contributed by atoms with Crippen molar-refractivity contribution in [2.24, 2.45) is 0 Å². The fraction of sp³-hybridized carbons (Fsp3) is 0.500. The molecule has 6 nitrogen and oxygen atoms in total. The van der Waals surface area contributed by atoms with Gasteiger partial charge in [-0.2, -0.15) is 0 Å². The molecule has 1 rings (SSSR count). The van der Waals surface area contributed by atoms with Gasteiger partial charge >= 0.3 is 0 Å². The first-order valence-electron chi connectivity index (χ1n) is 6.36. The van der Waals surface area contributed by atoms with Gasteiger partial charge in [-0.15, -0.1) is 0 Å². The molecule has 0 fully saturated rings. The number of hydrogen-bond donors (Lipinski definition) is 1. The maximum absolute atomic E-state index is 11.9. The zero-order valence-electron chi connectivity index (χ0n) is 11.6. The third-order valence-electron chi connectivity index (χ3n) is 2.80. The lowest BCUT2D eigenvalue weighted by molar-refractivity contribution is 0.445. The van der Waals surface area contributed by atoms with Crippen LogP contribution in [0.3, 0.4) is 0 Å². The summed E-state index contributed by atoms with van der Waals surface area (Å²) in [5, 5.41) is 0. The van der Waals surface area contributed by atoms with Crippen molar-refractivity contribution >= 4 is 20.0 Å². The monoisotopic (exact) mass is 320 g/mol. The van der Waals surface area contributed by atoms with Crippen molar-refractivity contribution in [3.8, 4) is 0 Å². The minimum absolute atomic E-state index is 0.125. The summed E-state index contributed by atoms with van der Waals surface area (Å²) in [4.78, 5) is 0.125. The zero-order chi connectivity index (χ0) is 15.2. The predicted molar refractivity (Wildman–Crippen MR) is 78.3 cm³/mol. The molecule has 0 amide bonds. The minimum atomic E-state index is -3.65. The molecular weight excluding hydrogens is 300 g/mol. The summed E-state index contributed by atoms with van der Waals surface area (Å²) in [5.74, 6) is -0.249. The molecule has 1 N–H and O–H groups in total. The second-order valence-electron chi connectivity index (χ2n) is 4.11. The molecule has 0 unspecified atom stereocenters. The molecule has 20 heavy (non-hydrogen) atoms. The Kier molecular flexibility index (Phi) is 6.12. The van der Waals surface area contributed by atoms with Gasteiger partial charge in [0.15, 0.2) is 0 Å². The van der Waals surface area contributed by atoms with Gasteiger partial charge in [0, 0.05) is 19.6 Å². The van der Waals surface area contributed by atoms with Crippen molar-refractivity contribution in [1.29, 1.82) is 0 Å². The average Bonchev–Trinajstić information content (AvgIpc) is 2.40. The lowest BCUT2D eigenvalue weighted by Gasteiger charge is -2.18. The molecular formula is C12H20N2O4S2. The van der Waals surface area contributed by atoms with Gasteiger partial charge in [-0.3, -0.25) is 0 Å². The second kappa shape index (κ2) is 7.16. The van der Waals surface area contributed by atoms with E-state index in [1.807, 2.05) is 0 Å². The molecule has 1 aromatic rings. The maximum Gasteiger partial charge on any atom is 0.240 e. The van der Waals surface area contributed by atoms with E-state index < -0.39 is 20.0 Å². The van der Waals surface area contributed by atoms with Crippen LogP contribution in [0.2, 0.25) is 0 Å². The first kappa shape index (κ1) is 17.1. The molecule has 0 aliphatic rings. The molecule has 0 bridgehead atoms. The van der Waals surface area contributed by atoms with Crippen LogP contribution in [0, 0.1) is 0 Å². The van der Waals surface area contributed by atoms with Gasteiger partial charge in [0.1, 0.15) is 0 Å². The van der Waals surface area contributed by atoms with E-state index >= 15 is 0 Å². The highest BCUT2D eigenvalue weighted by atomic mass is 32.2. The van der Waals surface area contributed by atoms with Crippen LogP contribution in [0.25, 0.3) is 0 Å². The van der Waals surface area contributed by atoms with Gasteiger partial charge in [-0.25, -0.2) is 25.9 Å². The van der Waals surface area contributed by atoms with Crippen molar-refractivity contribution in [2.45, 2.75) is 18.7 Å².